The maximum absolute atomic E-state index is 4.47. The van der Waals surface area contributed by atoms with Gasteiger partial charge in [0, 0.05) is 36.7 Å². The van der Waals surface area contributed by atoms with E-state index in [-0.39, 0.29) is 0 Å². The third kappa shape index (κ3) is 3.20. The van der Waals surface area contributed by atoms with Gasteiger partial charge in [-0.05, 0) is 51.4 Å². The van der Waals surface area contributed by atoms with E-state index >= 15 is 0 Å². The molecule has 0 fully saturated rings. The summed E-state index contributed by atoms with van der Waals surface area (Å²) in [5.41, 5.74) is 4.98. The molecule has 0 amide bonds. The van der Waals surface area contributed by atoms with Gasteiger partial charge in [-0.15, -0.1) is 0 Å². The quantitative estimate of drug-likeness (QED) is 0.895. The van der Waals surface area contributed by atoms with Gasteiger partial charge in [-0.1, -0.05) is 0 Å². The van der Waals surface area contributed by atoms with Crippen molar-refractivity contribution in [2.75, 3.05) is 6.54 Å². The van der Waals surface area contributed by atoms with E-state index in [1.165, 1.54) is 16.8 Å². The van der Waals surface area contributed by atoms with Crippen LogP contribution in [0.4, 0.5) is 0 Å². The summed E-state index contributed by atoms with van der Waals surface area (Å²) in [5, 5.41) is 8.03. The Bertz CT molecular complexity index is 531. The van der Waals surface area contributed by atoms with Gasteiger partial charge in [0.1, 0.15) is 0 Å². The number of aromatic nitrogens is 3. The second-order valence-electron chi connectivity index (χ2n) is 4.99. The average Bonchev–Trinajstić information content (AvgIpc) is 2.64. The van der Waals surface area contributed by atoms with Crippen molar-refractivity contribution in [1.82, 2.24) is 20.1 Å². The topological polar surface area (TPSA) is 42.7 Å². The van der Waals surface area contributed by atoms with Crippen molar-refractivity contribution >= 4 is 0 Å². The van der Waals surface area contributed by atoms with Gasteiger partial charge in [-0.2, -0.15) is 5.10 Å². The van der Waals surface area contributed by atoms with Gasteiger partial charge >= 0.3 is 0 Å². The first-order chi connectivity index (χ1) is 9.09. The highest BCUT2D eigenvalue weighted by molar-refractivity contribution is 5.27. The van der Waals surface area contributed by atoms with E-state index in [9.17, 15) is 0 Å². The molecule has 4 heteroatoms. The fourth-order valence-electron chi connectivity index (χ4n) is 2.50. The van der Waals surface area contributed by atoms with E-state index in [4.69, 9.17) is 0 Å². The van der Waals surface area contributed by atoms with Gasteiger partial charge < -0.3 is 5.32 Å². The molecule has 0 radical (unpaired) electrons. The predicted molar refractivity (Wildman–Crippen MR) is 77.0 cm³/mol. The number of hydrogen-bond acceptors (Lipinski definition) is 3. The lowest BCUT2D eigenvalue weighted by Crippen LogP contribution is -2.22. The molecule has 102 valence electrons. The lowest BCUT2D eigenvalue weighted by molar-refractivity contribution is 0.571. The lowest BCUT2D eigenvalue weighted by atomic mass is 10.1. The van der Waals surface area contributed by atoms with Gasteiger partial charge in [0.25, 0.3) is 0 Å². The number of aryl methyl sites for hydroxylation is 2. The predicted octanol–water partition coefficient (Wildman–Crippen LogP) is 2.33. The van der Waals surface area contributed by atoms with Gasteiger partial charge in [0.15, 0.2) is 0 Å². The second-order valence-corrected chi connectivity index (χ2v) is 4.99. The molecule has 0 aliphatic carbocycles. The van der Waals surface area contributed by atoms with E-state index in [1.807, 2.05) is 24.1 Å². The summed E-state index contributed by atoms with van der Waals surface area (Å²) in [6.07, 6.45) is 4.70. The summed E-state index contributed by atoms with van der Waals surface area (Å²) in [6.45, 7) is 7.35. The number of pyridine rings is 1. The summed E-state index contributed by atoms with van der Waals surface area (Å²) in [5.74, 6) is 0. The van der Waals surface area contributed by atoms with E-state index in [0.717, 1.165) is 18.7 Å². The third-order valence-corrected chi connectivity index (χ3v) is 3.61. The van der Waals surface area contributed by atoms with Crippen LogP contribution in [0.5, 0.6) is 0 Å². The van der Waals surface area contributed by atoms with Crippen LogP contribution in [-0.2, 0) is 13.5 Å². The fraction of sp³-hybridized carbons (Fsp3) is 0.467. The molecule has 2 aromatic rings. The van der Waals surface area contributed by atoms with Crippen LogP contribution in [0.1, 0.15) is 35.5 Å². The fourth-order valence-corrected chi connectivity index (χ4v) is 2.50. The van der Waals surface area contributed by atoms with Crippen LogP contribution in [0.25, 0.3) is 0 Å². The van der Waals surface area contributed by atoms with Crippen molar-refractivity contribution in [3.05, 3.63) is 47.0 Å². The summed E-state index contributed by atoms with van der Waals surface area (Å²) in [6, 6.07) is 4.45. The SMILES string of the molecule is Cc1nn(C)c(C)c1C(C)NCCc1ccncc1. The summed E-state index contributed by atoms with van der Waals surface area (Å²) in [7, 11) is 2.00. The van der Waals surface area contributed by atoms with Gasteiger partial charge in [-0.25, -0.2) is 0 Å². The van der Waals surface area contributed by atoms with E-state index in [2.05, 4.69) is 48.3 Å². The Balaban J connectivity index is 1.93. The van der Waals surface area contributed by atoms with Crippen LogP contribution >= 0.6 is 0 Å². The summed E-state index contributed by atoms with van der Waals surface area (Å²) >= 11 is 0. The molecule has 0 saturated heterocycles. The molecule has 0 spiro atoms. The minimum atomic E-state index is 0.329. The van der Waals surface area contributed by atoms with Crippen molar-refractivity contribution < 1.29 is 0 Å². The minimum Gasteiger partial charge on any atom is -0.310 e. The third-order valence-electron chi connectivity index (χ3n) is 3.61. The van der Waals surface area contributed by atoms with Crippen LogP contribution < -0.4 is 5.32 Å². The monoisotopic (exact) mass is 258 g/mol. The largest absolute Gasteiger partial charge is 0.310 e. The molecule has 1 unspecified atom stereocenters. The van der Waals surface area contributed by atoms with Crippen molar-refractivity contribution in [1.29, 1.82) is 0 Å². The maximum Gasteiger partial charge on any atom is 0.0644 e. The molecule has 4 nitrogen and oxygen atoms in total. The van der Waals surface area contributed by atoms with E-state index in [1.54, 1.807) is 0 Å². The molecule has 0 aliphatic rings. The van der Waals surface area contributed by atoms with Gasteiger partial charge in [-0.3, -0.25) is 9.67 Å². The average molecular weight is 258 g/mol. The Morgan fingerprint density at radius 1 is 1.26 bits per heavy atom. The van der Waals surface area contributed by atoms with Crippen molar-refractivity contribution in [2.45, 2.75) is 33.2 Å². The molecule has 0 aromatic carbocycles. The molecule has 0 bridgehead atoms. The molecular formula is C15H22N4. The molecule has 2 heterocycles. The van der Waals surface area contributed by atoms with Crippen molar-refractivity contribution in [3.63, 3.8) is 0 Å². The molecule has 19 heavy (non-hydrogen) atoms. The number of hydrogen-bond donors (Lipinski definition) is 1. The summed E-state index contributed by atoms with van der Waals surface area (Å²) < 4.78 is 1.95. The smallest absolute Gasteiger partial charge is 0.0644 e. The lowest BCUT2D eigenvalue weighted by Gasteiger charge is -2.14. The van der Waals surface area contributed by atoms with Crippen molar-refractivity contribution in [2.24, 2.45) is 7.05 Å². The number of rotatable bonds is 5. The Morgan fingerprint density at radius 3 is 2.53 bits per heavy atom. The standard InChI is InChI=1S/C15H22N4/c1-11(15-12(2)18-19(4)13(15)3)17-10-7-14-5-8-16-9-6-14/h5-6,8-9,11,17H,7,10H2,1-4H3. The van der Waals surface area contributed by atoms with Crippen LogP contribution in [0.3, 0.4) is 0 Å². The summed E-state index contributed by atoms with van der Waals surface area (Å²) in [4.78, 5) is 4.03. The molecule has 2 rings (SSSR count). The molecule has 2 aromatic heterocycles. The Kier molecular flexibility index (Phi) is 4.32. The highest BCUT2D eigenvalue weighted by atomic mass is 15.3. The van der Waals surface area contributed by atoms with E-state index < -0.39 is 0 Å². The molecular weight excluding hydrogens is 236 g/mol. The zero-order valence-corrected chi connectivity index (χ0v) is 12.1. The normalized spacial score (nSPS) is 12.6. The van der Waals surface area contributed by atoms with Crippen LogP contribution in [-0.4, -0.2) is 21.3 Å². The van der Waals surface area contributed by atoms with Crippen LogP contribution in [0, 0.1) is 13.8 Å². The number of nitrogens with one attached hydrogen (secondary N) is 1. The maximum atomic E-state index is 4.47. The molecule has 0 saturated carbocycles. The Labute approximate surface area is 114 Å². The van der Waals surface area contributed by atoms with E-state index in [0.29, 0.717) is 6.04 Å². The van der Waals surface area contributed by atoms with Crippen molar-refractivity contribution in [3.8, 4) is 0 Å². The zero-order valence-electron chi connectivity index (χ0n) is 12.1. The first kappa shape index (κ1) is 13.7. The molecule has 1 atom stereocenters. The number of nitrogens with zero attached hydrogens (tertiary/aromatic N) is 3. The van der Waals surface area contributed by atoms with Gasteiger partial charge in [0.05, 0.1) is 5.69 Å². The molecule has 0 aliphatic heterocycles. The second kappa shape index (κ2) is 5.97. The molecule has 1 N–H and O–H groups in total. The van der Waals surface area contributed by atoms with Crippen LogP contribution in [0.2, 0.25) is 0 Å². The highest BCUT2D eigenvalue weighted by Crippen LogP contribution is 2.20. The first-order valence-electron chi connectivity index (χ1n) is 6.72. The Morgan fingerprint density at radius 2 is 1.95 bits per heavy atom. The minimum absolute atomic E-state index is 0.329. The van der Waals surface area contributed by atoms with Crippen LogP contribution in [0.15, 0.2) is 24.5 Å². The Hall–Kier alpha value is -1.68. The van der Waals surface area contributed by atoms with Gasteiger partial charge in [0.2, 0.25) is 0 Å². The zero-order chi connectivity index (χ0) is 13.8. The first-order valence-corrected chi connectivity index (χ1v) is 6.72. The highest BCUT2D eigenvalue weighted by Gasteiger charge is 2.15.